The molecule has 0 aromatic heterocycles. The standard InChI is InChI=1S/C27H20Cl4N2O3S/c1-3-5-16-10-15(11-22(35-2)25(16)36-14-17-8-9-18(28)13-20(17)30)12-23-26(34)33-27(37-23)32-21-7-4-6-19(29)24(21)31/h3-4,6-13H,1,5,14H2,2H3,(H,32,33,34)/b23-12+. The summed E-state index contributed by atoms with van der Waals surface area (Å²) in [5, 5.41) is 4.92. The van der Waals surface area contributed by atoms with Crippen molar-refractivity contribution in [3.8, 4) is 11.5 Å². The second kappa shape index (κ2) is 12.3. The van der Waals surface area contributed by atoms with Gasteiger partial charge in [-0.3, -0.25) is 4.79 Å². The summed E-state index contributed by atoms with van der Waals surface area (Å²) in [6, 6.07) is 14.1. The van der Waals surface area contributed by atoms with E-state index in [0.717, 1.165) is 16.7 Å². The lowest BCUT2D eigenvalue weighted by Gasteiger charge is -2.16. The number of allylic oxidation sites excluding steroid dienone is 1. The lowest BCUT2D eigenvalue weighted by molar-refractivity contribution is -0.115. The predicted octanol–water partition coefficient (Wildman–Crippen LogP) is 8.51. The Kier molecular flexibility index (Phi) is 9.11. The SMILES string of the molecule is C=CCc1cc(/C=C2/SC(=Nc3cccc(Cl)c3Cl)NC2=O)cc(OC)c1OCc1ccc(Cl)cc1Cl. The summed E-state index contributed by atoms with van der Waals surface area (Å²) < 4.78 is 11.7. The van der Waals surface area contributed by atoms with Crippen molar-refractivity contribution in [3.05, 3.63) is 103 Å². The largest absolute Gasteiger partial charge is 0.493 e. The van der Waals surface area contributed by atoms with Crippen molar-refractivity contribution >= 4 is 81.0 Å². The normalized spacial score (nSPS) is 15.2. The van der Waals surface area contributed by atoms with Crippen LogP contribution in [0.25, 0.3) is 6.08 Å². The molecule has 3 aromatic rings. The molecule has 0 radical (unpaired) electrons. The Labute approximate surface area is 239 Å². The van der Waals surface area contributed by atoms with Gasteiger partial charge >= 0.3 is 0 Å². The van der Waals surface area contributed by atoms with Crippen LogP contribution in [-0.2, 0) is 17.8 Å². The molecule has 0 atom stereocenters. The zero-order valence-corrected chi connectivity index (χ0v) is 23.3. The van der Waals surface area contributed by atoms with Crippen LogP contribution in [0.5, 0.6) is 11.5 Å². The molecule has 37 heavy (non-hydrogen) atoms. The third-order valence-electron chi connectivity index (χ3n) is 5.23. The summed E-state index contributed by atoms with van der Waals surface area (Å²) in [4.78, 5) is 17.5. The number of amides is 1. The first-order valence-corrected chi connectivity index (χ1v) is 13.2. The highest BCUT2D eigenvalue weighted by Crippen LogP contribution is 2.38. The summed E-state index contributed by atoms with van der Waals surface area (Å²) in [7, 11) is 1.56. The van der Waals surface area contributed by atoms with Crippen LogP contribution in [0.1, 0.15) is 16.7 Å². The van der Waals surface area contributed by atoms with Crippen LogP contribution >= 0.6 is 58.2 Å². The lowest BCUT2D eigenvalue weighted by Crippen LogP contribution is -2.19. The third-order valence-corrected chi connectivity index (χ3v) is 7.53. The highest BCUT2D eigenvalue weighted by molar-refractivity contribution is 8.18. The molecule has 0 unspecified atom stereocenters. The minimum atomic E-state index is -0.274. The van der Waals surface area contributed by atoms with Crippen LogP contribution in [0.3, 0.4) is 0 Å². The molecule has 0 saturated carbocycles. The number of hydrogen-bond acceptors (Lipinski definition) is 5. The molecule has 0 aliphatic carbocycles. The van der Waals surface area contributed by atoms with E-state index >= 15 is 0 Å². The molecule has 1 aliphatic rings. The van der Waals surface area contributed by atoms with Gasteiger partial charge in [0.15, 0.2) is 16.7 Å². The highest BCUT2D eigenvalue weighted by atomic mass is 35.5. The highest BCUT2D eigenvalue weighted by Gasteiger charge is 2.25. The summed E-state index contributed by atoms with van der Waals surface area (Å²) in [5.74, 6) is 0.806. The molecule has 1 N–H and O–H groups in total. The first kappa shape index (κ1) is 27.4. The zero-order valence-electron chi connectivity index (χ0n) is 19.5. The Hall–Kier alpha value is -2.61. The van der Waals surface area contributed by atoms with Crippen molar-refractivity contribution < 1.29 is 14.3 Å². The summed E-state index contributed by atoms with van der Waals surface area (Å²) in [5.41, 5.74) is 2.85. The van der Waals surface area contributed by atoms with E-state index in [2.05, 4.69) is 16.9 Å². The maximum absolute atomic E-state index is 12.6. The molecule has 0 spiro atoms. The minimum absolute atomic E-state index is 0.223. The summed E-state index contributed by atoms with van der Waals surface area (Å²) >= 11 is 25.8. The molecule has 0 bridgehead atoms. The molecule has 1 amide bonds. The number of benzene rings is 3. The van der Waals surface area contributed by atoms with Gasteiger partial charge in [-0.2, -0.15) is 0 Å². The third kappa shape index (κ3) is 6.64. The van der Waals surface area contributed by atoms with Gasteiger partial charge in [0.2, 0.25) is 0 Å². The average Bonchev–Trinajstić information content (AvgIpc) is 3.20. The molecule has 1 aliphatic heterocycles. The van der Waals surface area contributed by atoms with Crippen molar-refractivity contribution in [2.24, 2.45) is 4.99 Å². The number of halogens is 4. The van der Waals surface area contributed by atoms with Crippen LogP contribution in [0.4, 0.5) is 5.69 Å². The fourth-order valence-electron chi connectivity index (χ4n) is 3.50. The average molecular weight is 594 g/mol. The molecule has 4 rings (SSSR count). The fraction of sp³-hybridized carbons (Fsp3) is 0.111. The Morgan fingerprint density at radius 3 is 2.59 bits per heavy atom. The quantitative estimate of drug-likeness (QED) is 0.210. The number of rotatable bonds is 8. The second-order valence-electron chi connectivity index (χ2n) is 7.78. The number of aliphatic imine (C=N–C) groups is 1. The van der Waals surface area contributed by atoms with Crippen LogP contribution in [-0.4, -0.2) is 18.2 Å². The Morgan fingerprint density at radius 2 is 1.86 bits per heavy atom. The van der Waals surface area contributed by atoms with E-state index in [1.54, 1.807) is 55.7 Å². The van der Waals surface area contributed by atoms with Crippen LogP contribution in [0.2, 0.25) is 20.1 Å². The smallest absolute Gasteiger partial charge is 0.264 e. The summed E-state index contributed by atoms with van der Waals surface area (Å²) in [6.45, 7) is 4.07. The molecular weight excluding hydrogens is 574 g/mol. The number of carbonyl (C=O) groups excluding carboxylic acids is 1. The first-order chi connectivity index (χ1) is 17.8. The van der Waals surface area contributed by atoms with Gasteiger partial charge in [-0.1, -0.05) is 64.6 Å². The van der Waals surface area contributed by atoms with Crippen molar-refractivity contribution in [2.45, 2.75) is 13.0 Å². The number of amidine groups is 1. The molecule has 5 nitrogen and oxygen atoms in total. The summed E-state index contributed by atoms with van der Waals surface area (Å²) in [6.07, 6.45) is 4.05. The van der Waals surface area contributed by atoms with Gasteiger partial charge in [0.05, 0.1) is 27.7 Å². The lowest BCUT2D eigenvalue weighted by atomic mass is 10.0. The molecule has 190 valence electrons. The number of nitrogens with zero attached hydrogens (tertiary/aromatic N) is 1. The molecule has 1 heterocycles. The van der Waals surface area contributed by atoms with E-state index < -0.39 is 0 Å². The van der Waals surface area contributed by atoms with Gasteiger partial charge in [-0.25, -0.2) is 4.99 Å². The number of methoxy groups -OCH3 is 1. The molecule has 1 saturated heterocycles. The minimum Gasteiger partial charge on any atom is -0.493 e. The maximum Gasteiger partial charge on any atom is 0.264 e. The Bertz CT molecular complexity index is 1440. The van der Waals surface area contributed by atoms with Gasteiger partial charge in [0.25, 0.3) is 5.91 Å². The second-order valence-corrected chi connectivity index (χ2v) is 10.4. The van der Waals surface area contributed by atoms with Gasteiger partial charge in [-0.15, -0.1) is 6.58 Å². The van der Waals surface area contributed by atoms with Gasteiger partial charge < -0.3 is 14.8 Å². The molecule has 3 aromatic carbocycles. The maximum atomic E-state index is 12.6. The number of ether oxygens (including phenoxy) is 2. The van der Waals surface area contributed by atoms with Crippen molar-refractivity contribution in [1.82, 2.24) is 5.32 Å². The Morgan fingerprint density at radius 1 is 1.05 bits per heavy atom. The fourth-order valence-corrected chi connectivity index (χ4v) is 5.13. The van der Waals surface area contributed by atoms with E-state index in [0.29, 0.717) is 53.8 Å². The Balaban J connectivity index is 1.62. The van der Waals surface area contributed by atoms with E-state index in [9.17, 15) is 4.79 Å². The van der Waals surface area contributed by atoms with Crippen LogP contribution in [0.15, 0.2) is 71.1 Å². The topological polar surface area (TPSA) is 59.9 Å². The number of nitrogens with one attached hydrogen (secondary N) is 1. The van der Waals surface area contributed by atoms with Gasteiger partial charge in [0.1, 0.15) is 6.61 Å². The van der Waals surface area contributed by atoms with E-state index in [-0.39, 0.29) is 12.5 Å². The number of thioether (sulfide) groups is 1. The van der Waals surface area contributed by atoms with E-state index in [4.69, 9.17) is 55.9 Å². The number of carbonyl (C=O) groups is 1. The first-order valence-electron chi connectivity index (χ1n) is 10.9. The van der Waals surface area contributed by atoms with Gasteiger partial charge in [-0.05, 0) is 66.2 Å². The van der Waals surface area contributed by atoms with Crippen LogP contribution < -0.4 is 14.8 Å². The zero-order chi connectivity index (χ0) is 26.5. The number of hydrogen-bond donors (Lipinski definition) is 1. The van der Waals surface area contributed by atoms with Gasteiger partial charge in [0, 0.05) is 21.2 Å². The van der Waals surface area contributed by atoms with E-state index in [1.165, 1.54) is 11.8 Å². The van der Waals surface area contributed by atoms with E-state index in [1.807, 2.05) is 12.1 Å². The molecule has 1 fully saturated rings. The molecular formula is C27H20Cl4N2O3S. The monoisotopic (exact) mass is 592 g/mol. The van der Waals surface area contributed by atoms with Crippen molar-refractivity contribution in [1.29, 1.82) is 0 Å². The van der Waals surface area contributed by atoms with Crippen molar-refractivity contribution in [3.63, 3.8) is 0 Å². The molecule has 10 heteroatoms. The predicted molar refractivity (Wildman–Crippen MR) is 155 cm³/mol. The van der Waals surface area contributed by atoms with Crippen LogP contribution in [0, 0.1) is 0 Å². The van der Waals surface area contributed by atoms with Crippen molar-refractivity contribution in [2.75, 3.05) is 7.11 Å².